The van der Waals surface area contributed by atoms with E-state index in [-0.39, 0.29) is 23.3 Å². The van der Waals surface area contributed by atoms with Crippen molar-refractivity contribution in [2.24, 2.45) is 5.92 Å². The maximum atomic E-state index is 12.4. The van der Waals surface area contributed by atoms with Gasteiger partial charge in [-0.1, -0.05) is 19.3 Å². The molecular formula is C13H23NO3S. The van der Waals surface area contributed by atoms with Crippen LogP contribution in [0.25, 0.3) is 0 Å². The highest BCUT2D eigenvalue weighted by Gasteiger charge is 2.44. The summed E-state index contributed by atoms with van der Waals surface area (Å²) in [4.78, 5) is 14.1. The summed E-state index contributed by atoms with van der Waals surface area (Å²) >= 11 is 0. The Kier molecular flexibility index (Phi) is 3.72. The Labute approximate surface area is 110 Å². The molecule has 0 N–H and O–H groups in total. The Hall–Kier alpha value is -0.580. The zero-order chi connectivity index (χ0) is 13.4. The summed E-state index contributed by atoms with van der Waals surface area (Å²) in [6.45, 7) is 1.90. The molecule has 0 radical (unpaired) electrons. The first kappa shape index (κ1) is 13.8. The molecule has 1 amide bonds. The second kappa shape index (κ2) is 4.83. The summed E-state index contributed by atoms with van der Waals surface area (Å²) in [5.74, 6) is 0.596. The van der Waals surface area contributed by atoms with Gasteiger partial charge in [0.05, 0.1) is 17.0 Å². The van der Waals surface area contributed by atoms with Crippen LogP contribution < -0.4 is 0 Å². The number of rotatable bonds is 2. The molecule has 0 unspecified atom stereocenters. The zero-order valence-electron chi connectivity index (χ0n) is 11.3. The smallest absolute Gasteiger partial charge is 0.225 e. The fraction of sp³-hybridized carbons (Fsp3) is 0.923. The van der Waals surface area contributed by atoms with Gasteiger partial charge in [0.15, 0.2) is 9.84 Å². The lowest BCUT2D eigenvalue weighted by molar-refractivity contribution is -0.139. The second-order valence-corrected chi connectivity index (χ2v) is 8.26. The number of hydrogen-bond donors (Lipinski definition) is 0. The maximum Gasteiger partial charge on any atom is 0.225 e. The monoisotopic (exact) mass is 273 g/mol. The van der Waals surface area contributed by atoms with Gasteiger partial charge in [0.25, 0.3) is 0 Å². The molecule has 0 spiro atoms. The standard InChI is InChI=1S/C13H23NO3S/c1-13(8-9-18(16,17)10-13)14(2)12(15)11-6-4-3-5-7-11/h11H,3-10H2,1-2H3/t13-/m1/s1. The Morgan fingerprint density at radius 1 is 1.22 bits per heavy atom. The van der Waals surface area contributed by atoms with Crippen LogP contribution in [0.5, 0.6) is 0 Å². The molecule has 18 heavy (non-hydrogen) atoms. The third-order valence-corrected chi connectivity index (χ3v) is 6.47. The molecule has 1 saturated heterocycles. The van der Waals surface area contributed by atoms with E-state index < -0.39 is 15.4 Å². The van der Waals surface area contributed by atoms with Crippen LogP contribution in [0.3, 0.4) is 0 Å². The summed E-state index contributed by atoms with van der Waals surface area (Å²) in [5, 5.41) is 0. The van der Waals surface area contributed by atoms with Crippen molar-refractivity contribution >= 4 is 15.7 Å². The van der Waals surface area contributed by atoms with Crippen molar-refractivity contribution in [1.82, 2.24) is 4.90 Å². The number of carbonyl (C=O) groups excluding carboxylic acids is 1. The molecule has 1 heterocycles. The van der Waals surface area contributed by atoms with Gasteiger partial charge < -0.3 is 4.90 Å². The summed E-state index contributed by atoms with van der Waals surface area (Å²) in [5.41, 5.74) is -0.493. The first-order valence-electron chi connectivity index (χ1n) is 6.82. The van der Waals surface area contributed by atoms with Crippen molar-refractivity contribution in [2.75, 3.05) is 18.6 Å². The highest BCUT2D eigenvalue weighted by molar-refractivity contribution is 7.91. The fourth-order valence-corrected chi connectivity index (χ4v) is 5.33. The van der Waals surface area contributed by atoms with E-state index in [9.17, 15) is 13.2 Å². The molecular weight excluding hydrogens is 250 g/mol. The van der Waals surface area contributed by atoms with Crippen LogP contribution in [-0.2, 0) is 14.6 Å². The molecule has 0 aromatic rings. The van der Waals surface area contributed by atoms with E-state index in [1.807, 2.05) is 6.92 Å². The molecule has 104 valence electrons. The van der Waals surface area contributed by atoms with Crippen LogP contribution in [0.2, 0.25) is 0 Å². The quantitative estimate of drug-likeness (QED) is 0.768. The third kappa shape index (κ3) is 2.71. The zero-order valence-corrected chi connectivity index (χ0v) is 12.1. The lowest BCUT2D eigenvalue weighted by atomic mass is 9.87. The van der Waals surface area contributed by atoms with E-state index >= 15 is 0 Å². The topological polar surface area (TPSA) is 54.5 Å². The molecule has 4 nitrogen and oxygen atoms in total. The van der Waals surface area contributed by atoms with Crippen LogP contribution in [0.4, 0.5) is 0 Å². The summed E-state index contributed by atoms with van der Waals surface area (Å²) in [6, 6.07) is 0. The molecule has 0 bridgehead atoms. The number of sulfone groups is 1. The molecule has 1 aliphatic heterocycles. The molecule has 0 aromatic heterocycles. The van der Waals surface area contributed by atoms with Crippen LogP contribution in [0, 0.1) is 5.92 Å². The van der Waals surface area contributed by atoms with E-state index in [2.05, 4.69) is 0 Å². The van der Waals surface area contributed by atoms with Gasteiger partial charge in [0, 0.05) is 13.0 Å². The maximum absolute atomic E-state index is 12.4. The van der Waals surface area contributed by atoms with Gasteiger partial charge in [-0.2, -0.15) is 0 Å². The van der Waals surface area contributed by atoms with E-state index in [4.69, 9.17) is 0 Å². The predicted molar refractivity (Wildman–Crippen MR) is 71.0 cm³/mol. The summed E-state index contributed by atoms with van der Waals surface area (Å²) in [6.07, 6.45) is 5.97. The SMILES string of the molecule is CN(C(=O)C1CCCCC1)[C@]1(C)CCS(=O)(=O)C1. The second-order valence-electron chi connectivity index (χ2n) is 6.07. The minimum atomic E-state index is -2.96. The van der Waals surface area contributed by atoms with Crippen molar-refractivity contribution in [2.45, 2.75) is 51.0 Å². The Morgan fingerprint density at radius 2 is 1.83 bits per heavy atom. The summed E-state index contributed by atoms with van der Waals surface area (Å²) < 4.78 is 23.2. The molecule has 2 aliphatic rings. The average molecular weight is 273 g/mol. The van der Waals surface area contributed by atoms with Gasteiger partial charge >= 0.3 is 0 Å². The van der Waals surface area contributed by atoms with Gasteiger partial charge in [-0.05, 0) is 26.2 Å². The van der Waals surface area contributed by atoms with Crippen LogP contribution in [0.1, 0.15) is 45.4 Å². The van der Waals surface area contributed by atoms with Crippen molar-refractivity contribution in [1.29, 1.82) is 0 Å². The summed E-state index contributed by atoms with van der Waals surface area (Å²) in [7, 11) is -1.18. The number of nitrogens with zero attached hydrogens (tertiary/aromatic N) is 1. The number of carbonyl (C=O) groups is 1. The third-order valence-electron chi connectivity index (χ3n) is 4.58. The lowest BCUT2D eigenvalue weighted by Gasteiger charge is -2.37. The highest BCUT2D eigenvalue weighted by Crippen LogP contribution is 2.32. The van der Waals surface area contributed by atoms with Crippen LogP contribution in [0.15, 0.2) is 0 Å². The lowest BCUT2D eigenvalue weighted by Crippen LogP contribution is -2.50. The number of hydrogen-bond acceptors (Lipinski definition) is 3. The first-order valence-corrected chi connectivity index (χ1v) is 8.64. The van der Waals surface area contributed by atoms with Gasteiger partial charge in [0.1, 0.15) is 0 Å². The molecule has 0 aromatic carbocycles. The van der Waals surface area contributed by atoms with Gasteiger partial charge in [-0.25, -0.2) is 8.42 Å². The largest absolute Gasteiger partial charge is 0.339 e. The van der Waals surface area contributed by atoms with Crippen molar-refractivity contribution < 1.29 is 13.2 Å². The molecule has 5 heteroatoms. The number of amides is 1. The molecule has 1 saturated carbocycles. The van der Waals surface area contributed by atoms with E-state index in [0.717, 1.165) is 25.7 Å². The fourth-order valence-electron chi connectivity index (χ4n) is 3.15. The molecule has 2 fully saturated rings. The Balaban J connectivity index is 2.06. The first-order chi connectivity index (χ1) is 8.34. The van der Waals surface area contributed by atoms with Gasteiger partial charge in [0.2, 0.25) is 5.91 Å². The minimum absolute atomic E-state index is 0.115. The predicted octanol–water partition coefficient (Wildman–Crippen LogP) is 1.60. The molecule has 2 rings (SSSR count). The van der Waals surface area contributed by atoms with Crippen LogP contribution >= 0.6 is 0 Å². The Morgan fingerprint density at radius 3 is 2.33 bits per heavy atom. The van der Waals surface area contributed by atoms with E-state index in [1.54, 1.807) is 11.9 Å². The average Bonchev–Trinajstić information content (AvgIpc) is 2.64. The molecule has 1 aliphatic carbocycles. The van der Waals surface area contributed by atoms with Crippen molar-refractivity contribution in [3.8, 4) is 0 Å². The van der Waals surface area contributed by atoms with Gasteiger partial charge in [-0.15, -0.1) is 0 Å². The van der Waals surface area contributed by atoms with E-state index in [0.29, 0.717) is 6.42 Å². The minimum Gasteiger partial charge on any atom is -0.339 e. The normalized spacial score (nSPS) is 32.3. The van der Waals surface area contributed by atoms with Crippen LogP contribution in [-0.4, -0.2) is 43.3 Å². The van der Waals surface area contributed by atoms with E-state index in [1.165, 1.54) is 6.42 Å². The van der Waals surface area contributed by atoms with Crippen molar-refractivity contribution in [3.63, 3.8) is 0 Å². The van der Waals surface area contributed by atoms with Gasteiger partial charge in [-0.3, -0.25) is 4.79 Å². The Bertz CT molecular complexity index is 426. The van der Waals surface area contributed by atoms with Crippen molar-refractivity contribution in [3.05, 3.63) is 0 Å². The highest BCUT2D eigenvalue weighted by atomic mass is 32.2. The molecule has 1 atom stereocenters.